The second-order valence-corrected chi connectivity index (χ2v) is 8.67. The summed E-state index contributed by atoms with van der Waals surface area (Å²) in [6, 6.07) is 9.55. The molecule has 2 atom stereocenters. The molecular formula is C19H29N2O5P. The van der Waals surface area contributed by atoms with Gasteiger partial charge in [-0.05, 0) is 18.4 Å². The fourth-order valence-corrected chi connectivity index (χ4v) is 3.76. The fourth-order valence-electron chi connectivity index (χ4n) is 3.13. The number of hydrogen-bond donors (Lipinski definition) is 4. The smallest absolute Gasteiger partial charge is 0.325 e. The monoisotopic (exact) mass is 396 g/mol. The van der Waals surface area contributed by atoms with Gasteiger partial charge in [-0.25, -0.2) is 4.79 Å². The number of carbonyl (C=O) groups is 1. The molecule has 4 N–H and O–H groups in total. The van der Waals surface area contributed by atoms with Crippen LogP contribution in [-0.2, 0) is 11.0 Å². The lowest BCUT2D eigenvalue weighted by atomic mass is 10.1. The molecule has 1 aliphatic rings. The lowest BCUT2D eigenvalue weighted by Crippen LogP contribution is -2.34. The third kappa shape index (κ3) is 8.26. The molecule has 2 rings (SSSR count). The zero-order valence-corrected chi connectivity index (χ0v) is 16.3. The summed E-state index contributed by atoms with van der Waals surface area (Å²) in [5.74, 6) is 0. The first-order chi connectivity index (χ1) is 12.8. The fraction of sp³-hybridized carbons (Fsp3) is 0.526. The Morgan fingerprint density at radius 1 is 1.19 bits per heavy atom. The van der Waals surface area contributed by atoms with E-state index < -0.39 is 13.7 Å². The summed E-state index contributed by atoms with van der Waals surface area (Å²) in [5, 5.41) is 13.0. The number of amides is 2. The van der Waals surface area contributed by atoms with Crippen LogP contribution in [0.1, 0.15) is 31.2 Å². The van der Waals surface area contributed by atoms with Crippen molar-refractivity contribution in [2.24, 2.45) is 0 Å². The first kappa shape index (κ1) is 21.6. The molecule has 1 heterocycles. The Labute approximate surface area is 160 Å². The van der Waals surface area contributed by atoms with Gasteiger partial charge in [-0.2, -0.15) is 0 Å². The Balaban J connectivity index is 1.73. The number of unbranched alkanes of at least 4 members (excludes halogenated alkanes) is 3. The molecule has 1 fully saturated rings. The Kier molecular flexibility index (Phi) is 8.51. The Hall–Kier alpha value is -1.66. The predicted molar refractivity (Wildman–Crippen MR) is 105 cm³/mol. The van der Waals surface area contributed by atoms with Gasteiger partial charge in [0.1, 0.15) is 0 Å². The molecule has 150 valence electrons. The van der Waals surface area contributed by atoms with Crippen LogP contribution in [0, 0.1) is 0 Å². The van der Waals surface area contributed by atoms with E-state index >= 15 is 0 Å². The van der Waals surface area contributed by atoms with Crippen molar-refractivity contribution >= 4 is 13.6 Å². The molecule has 0 saturated carbocycles. The largest absolute Gasteiger partial charge is 0.389 e. The number of aliphatic hydroxyl groups excluding tert-OH is 1. The molecule has 0 spiro atoms. The molecule has 1 aromatic carbocycles. The van der Waals surface area contributed by atoms with Gasteiger partial charge in [0, 0.05) is 25.7 Å². The number of benzene rings is 1. The summed E-state index contributed by atoms with van der Waals surface area (Å²) in [6.45, 7) is 1.11. The van der Waals surface area contributed by atoms with Crippen LogP contribution in [-0.4, -0.2) is 57.2 Å². The van der Waals surface area contributed by atoms with E-state index in [9.17, 15) is 14.5 Å². The van der Waals surface area contributed by atoms with Crippen molar-refractivity contribution in [3.8, 4) is 0 Å². The minimum Gasteiger partial charge on any atom is -0.389 e. The Morgan fingerprint density at radius 3 is 2.59 bits per heavy atom. The molecule has 0 bridgehead atoms. The second kappa shape index (κ2) is 10.6. The van der Waals surface area contributed by atoms with Crippen molar-refractivity contribution in [2.75, 3.05) is 19.3 Å². The zero-order valence-electron chi connectivity index (χ0n) is 15.4. The Bertz CT molecular complexity index is 661. The van der Waals surface area contributed by atoms with Gasteiger partial charge in [-0.15, -0.1) is 0 Å². The number of carbonyl (C=O) groups excluding carboxylic acids is 1. The minimum atomic E-state index is -3.91. The second-order valence-electron chi connectivity index (χ2n) is 6.89. The summed E-state index contributed by atoms with van der Waals surface area (Å²) >= 11 is 0. The van der Waals surface area contributed by atoms with E-state index in [1.165, 1.54) is 0 Å². The molecule has 1 saturated heterocycles. The third-order valence-electron chi connectivity index (χ3n) is 4.57. The Morgan fingerprint density at radius 2 is 1.89 bits per heavy atom. The average molecular weight is 396 g/mol. The van der Waals surface area contributed by atoms with Gasteiger partial charge in [-0.3, -0.25) is 4.57 Å². The van der Waals surface area contributed by atoms with E-state index in [1.54, 1.807) is 11.0 Å². The van der Waals surface area contributed by atoms with Crippen molar-refractivity contribution in [3.63, 3.8) is 0 Å². The quantitative estimate of drug-likeness (QED) is 0.261. The highest BCUT2D eigenvalue weighted by Crippen LogP contribution is 2.35. The zero-order chi connectivity index (χ0) is 19.7. The summed E-state index contributed by atoms with van der Waals surface area (Å²) in [5.41, 5.74) is 1.06. The van der Waals surface area contributed by atoms with E-state index in [-0.39, 0.29) is 18.2 Å². The highest BCUT2D eigenvalue weighted by molar-refractivity contribution is 7.51. The lowest BCUT2D eigenvalue weighted by molar-refractivity contribution is 0.207. The van der Waals surface area contributed by atoms with E-state index in [4.69, 9.17) is 9.79 Å². The third-order valence-corrected chi connectivity index (χ3v) is 5.46. The van der Waals surface area contributed by atoms with E-state index in [1.807, 2.05) is 36.4 Å². The predicted octanol–water partition coefficient (Wildman–Crippen LogP) is 2.28. The molecule has 27 heavy (non-hydrogen) atoms. The van der Waals surface area contributed by atoms with Crippen molar-refractivity contribution < 1.29 is 24.3 Å². The van der Waals surface area contributed by atoms with E-state index in [0.717, 1.165) is 24.8 Å². The molecule has 1 unspecified atom stereocenters. The van der Waals surface area contributed by atoms with Crippen LogP contribution in [0.5, 0.6) is 0 Å². The summed E-state index contributed by atoms with van der Waals surface area (Å²) in [6.07, 6.45) is 6.29. The molecule has 2 amide bonds. The first-order valence-electron chi connectivity index (χ1n) is 9.34. The standard InChI is InChI=1S/C19H29N2O5P/c22-18(14-16-8-4-3-5-9-16)11-10-17-15-20-19(23)21(17)12-6-1-2-7-13-27(24,25)26/h3-5,8-11,17-18,22H,1-2,6-7,12-15H2,(H,20,23)(H2,24,25,26)/b11-10+/t17-,18?/m0/s1. The molecule has 0 radical (unpaired) electrons. The highest BCUT2D eigenvalue weighted by Gasteiger charge is 2.28. The average Bonchev–Trinajstić information content (AvgIpc) is 2.96. The van der Waals surface area contributed by atoms with Gasteiger partial charge >= 0.3 is 13.6 Å². The topological polar surface area (TPSA) is 110 Å². The lowest BCUT2D eigenvalue weighted by Gasteiger charge is -2.20. The normalized spacial score (nSPS) is 18.9. The van der Waals surface area contributed by atoms with Crippen LogP contribution in [0.25, 0.3) is 0 Å². The molecule has 0 aromatic heterocycles. The van der Waals surface area contributed by atoms with Gasteiger partial charge in [-0.1, -0.05) is 55.3 Å². The molecule has 8 heteroatoms. The summed E-state index contributed by atoms with van der Waals surface area (Å²) in [7, 11) is -3.91. The number of aliphatic hydroxyl groups is 1. The van der Waals surface area contributed by atoms with Gasteiger partial charge in [0.05, 0.1) is 12.1 Å². The van der Waals surface area contributed by atoms with Crippen LogP contribution in [0.3, 0.4) is 0 Å². The number of nitrogens with zero attached hydrogens (tertiary/aromatic N) is 1. The van der Waals surface area contributed by atoms with E-state index in [0.29, 0.717) is 25.9 Å². The molecule has 7 nitrogen and oxygen atoms in total. The van der Waals surface area contributed by atoms with Gasteiger partial charge < -0.3 is 25.1 Å². The van der Waals surface area contributed by atoms with Crippen molar-refractivity contribution in [1.82, 2.24) is 10.2 Å². The van der Waals surface area contributed by atoms with Crippen molar-refractivity contribution in [2.45, 2.75) is 44.2 Å². The number of hydrogen-bond acceptors (Lipinski definition) is 3. The number of urea groups is 1. The molecular weight excluding hydrogens is 367 g/mol. The highest BCUT2D eigenvalue weighted by atomic mass is 31.2. The number of rotatable bonds is 11. The van der Waals surface area contributed by atoms with Crippen molar-refractivity contribution in [3.05, 3.63) is 48.0 Å². The van der Waals surface area contributed by atoms with Crippen LogP contribution in [0.15, 0.2) is 42.5 Å². The number of nitrogens with one attached hydrogen (secondary N) is 1. The van der Waals surface area contributed by atoms with E-state index in [2.05, 4.69) is 5.32 Å². The maximum atomic E-state index is 12.0. The van der Waals surface area contributed by atoms with Crippen molar-refractivity contribution in [1.29, 1.82) is 0 Å². The maximum absolute atomic E-state index is 12.0. The maximum Gasteiger partial charge on any atom is 0.325 e. The minimum absolute atomic E-state index is 0.0815. The van der Waals surface area contributed by atoms with Crippen LogP contribution < -0.4 is 5.32 Å². The summed E-state index contributed by atoms with van der Waals surface area (Å²) < 4.78 is 10.8. The van der Waals surface area contributed by atoms with Crippen LogP contribution in [0.4, 0.5) is 4.79 Å². The molecule has 1 aliphatic heterocycles. The molecule has 0 aliphatic carbocycles. The SMILES string of the molecule is O=C1NC[C@H](/C=C/C(O)Cc2ccccc2)N1CCCCCCP(=O)(O)O. The van der Waals surface area contributed by atoms with Gasteiger partial charge in [0.15, 0.2) is 0 Å². The first-order valence-corrected chi connectivity index (χ1v) is 11.1. The van der Waals surface area contributed by atoms with Crippen LogP contribution in [0.2, 0.25) is 0 Å². The summed E-state index contributed by atoms with van der Waals surface area (Å²) in [4.78, 5) is 31.4. The van der Waals surface area contributed by atoms with Crippen LogP contribution >= 0.6 is 7.60 Å². The molecule has 1 aromatic rings. The van der Waals surface area contributed by atoms with Gasteiger partial charge in [0.2, 0.25) is 0 Å². The van der Waals surface area contributed by atoms with Gasteiger partial charge in [0.25, 0.3) is 0 Å².